The summed E-state index contributed by atoms with van der Waals surface area (Å²) in [4.78, 5) is 11.6. The van der Waals surface area contributed by atoms with Gasteiger partial charge in [-0.05, 0) is 47.9 Å². The number of carbonyl (C=O) groups is 1. The van der Waals surface area contributed by atoms with Crippen molar-refractivity contribution >= 4 is 33.0 Å². The molecule has 0 bridgehead atoms. The average molecular weight is 249 g/mol. The summed E-state index contributed by atoms with van der Waals surface area (Å²) in [6.45, 7) is 0.147. The van der Waals surface area contributed by atoms with Gasteiger partial charge in [-0.25, -0.2) is 0 Å². The van der Waals surface area contributed by atoms with Gasteiger partial charge in [0.15, 0.2) is 0 Å². The number of aliphatic hydroxyl groups is 1. The molecule has 90 valence electrons. The van der Waals surface area contributed by atoms with E-state index in [1.54, 1.807) is 11.3 Å². The van der Waals surface area contributed by atoms with Crippen molar-refractivity contribution in [3.05, 3.63) is 29.6 Å². The lowest BCUT2D eigenvalue weighted by Gasteiger charge is -2.04. The molecule has 0 unspecified atom stereocenters. The number of rotatable bonds is 5. The van der Waals surface area contributed by atoms with Crippen LogP contribution in [0.25, 0.3) is 10.1 Å². The molecule has 0 saturated carbocycles. The molecule has 2 N–H and O–H groups in total. The fourth-order valence-electron chi connectivity index (χ4n) is 1.67. The molecule has 17 heavy (non-hydrogen) atoms. The molecule has 0 aliphatic rings. The van der Waals surface area contributed by atoms with Gasteiger partial charge in [-0.2, -0.15) is 0 Å². The van der Waals surface area contributed by atoms with Crippen LogP contribution in [0.3, 0.4) is 0 Å². The van der Waals surface area contributed by atoms with E-state index in [1.807, 2.05) is 29.6 Å². The number of carbonyl (C=O) groups excluding carboxylic acids is 1. The molecule has 0 radical (unpaired) electrons. The van der Waals surface area contributed by atoms with Crippen molar-refractivity contribution in [3.8, 4) is 0 Å². The fourth-order valence-corrected chi connectivity index (χ4v) is 2.44. The molecule has 3 nitrogen and oxygen atoms in total. The van der Waals surface area contributed by atoms with E-state index in [0.29, 0.717) is 12.8 Å². The SMILES string of the molecule is O=C(CCCCO)Nc1ccc2sccc2c1. The van der Waals surface area contributed by atoms with E-state index in [0.717, 1.165) is 17.5 Å². The van der Waals surface area contributed by atoms with Gasteiger partial charge in [0.05, 0.1) is 0 Å². The Kier molecular flexibility index (Phi) is 4.12. The van der Waals surface area contributed by atoms with Crippen LogP contribution in [0.2, 0.25) is 0 Å². The maximum absolute atomic E-state index is 11.6. The fraction of sp³-hybridized carbons (Fsp3) is 0.308. The molecule has 0 aliphatic carbocycles. The van der Waals surface area contributed by atoms with Crippen molar-refractivity contribution in [3.63, 3.8) is 0 Å². The van der Waals surface area contributed by atoms with Crippen molar-refractivity contribution in [2.24, 2.45) is 0 Å². The van der Waals surface area contributed by atoms with E-state index in [4.69, 9.17) is 5.11 Å². The van der Waals surface area contributed by atoms with Crippen LogP contribution in [0.15, 0.2) is 29.6 Å². The maximum Gasteiger partial charge on any atom is 0.224 e. The summed E-state index contributed by atoms with van der Waals surface area (Å²) in [5.74, 6) is 0.00743. The number of amides is 1. The van der Waals surface area contributed by atoms with Gasteiger partial charge in [0, 0.05) is 23.4 Å². The Hall–Kier alpha value is -1.39. The first-order chi connectivity index (χ1) is 8.29. The minimum Gasteiger partial charge on any atom is -0.396 e. The van der Waals surface area contributed by atoms with Crippen LogP contribution in [-0.2, 0) is 4.79 Å². The third-order valence-electron chi connectivity index (χ3n) is 2.55. The van der Waals surface area contributed by atoms with E-state index >= 15 is 0 Å². The summed E-state index contributed by atoms with van der Waals surface area (Å²) in [6, 6.07) is 7.96. The number of aliphatic hydroxyl groups excluding tert-OH is 1. The molecule has 0 atom stereocenters. The standard InChI is InChI=1S/C13H15NO2S/c15-7-2-1-3-13(16)14-11-4-5-12-10(9-11)6-8-17-12/h4-6,8-9,15H,1-3,7H2,(H,14,16). The van der Waals surface area contributed by atoms with Gasteiger partial charge in [-0.1, -0.05) is 0 Å². The summed E-state index contributed by atoms with van der Waals surface area (Å²) in [6.07, 6.45) is 1.86. The highest BCUT2D eigenvalue weighted by Crippen LogP contribution is 2.24. The first-order valence-electron chi connectivity index (χ1n) is 5.67. The summed E-state index contributed by atoms with van der Waals surface area (Å²) in [7, 11) is 0. The Morgan fingerprint density at radius 3 is 3.00 bits per heavy atom. The second-order valence-corrected chi connectivity index (χ2v) is 4.85. The Balaban J connectivity index is 1.95. The van der Waals surface area contributed by atoms with Gasteiger partial charge >= 0.3 is 0 Å². The predicted molar refractivity (Wildman–Crippen MR) is 71.4 cm³/mol. The van der Waals surface area contributed by atoms with Crippen LogP contribution in [0.1, 0.15) is 19.3 Å². The summed E-state index contributed by atoms with van der Waals surface area (Å²) >= 11 is 1.69. The number of thiophene rings is 1. The van der Waals surface area contributed by atoms with Crippen molar-refractivity contribution in [1.82, 2.24) is 0 Å². The van der Waals surface area contributed by atoms with E-state index in [1.165, 1.54) is 4.70 Å². The lowest BCUT2D eigenvalue weighted by Crippen LogP contribution is -2.11. The molecule has 0 fully saturated rings. The van der Waals surface area contributed by atoms with Crippen molar-refractivity contribution < 1.29 is 9.90 Å². The molecule has 0 aliphatic heterocycles. The van der Waals surface area contributed by atoms with Crippen LogP contribution < -0.4 is 5.32 Å². The van der Waals surface area contributed by atoms with Crippen LogP contribution in [0.4, 0.5) is 5.69 Å². The molecular formula is C13H15NO2S. The van der Waals surface area contributed by atoms with Crippen LogP contribution in [0.5, 0.6) is 0 Å². The highest BCUT2D eigenvalue weighted by atomic mass is 32.1. The highest BCUT2D eigenvalue weighted by Gasteiger charge is 2.03. The molecule has 1 amide bonds. The zero-order valence-corrected chi connectivity index (χ0v) is 10.3. The number of benzene rings is 1. The van der Waals surface area contributed by atoms with Crippen LogP contribution in [-0.4, -0.2) is 17.6 Å². The number of anilines is 1. The third kappa shape index (κ3) is 3.28. The molecule has 4 heteroatoms. The third-order valence-corrected chi connectivity index (χ3v) is 3.45. The van der Waals surface area contributed by atoms with Crippen LogP contribution >= 0.6 is 11.3 Å². The number of hydrogen-bond donors (Lipinski definition) is 2. The number of hydrogen-bond acceptors (Lipinski definition) is 3. The Labute approximate surface area is 104 Å². The largest absolute Gasteiger partial charge is 0.396 e. The number of fused-ring (bicyclic) bond motifs is 1. The Morgan fingerprint density at radius 2 is 2.18 bits per heavy atom. The van der Waals surface area contributed by atoms with Gasteiger partial charge in [0.1, 0.15) is 0 Å². The van der Waals surface area contributed by atoms with E-state index in [2.05, 4.69) is 5.32 Å². The normalized spacial score (nSPS) is 10.6. The quantitative estimate of drug-likeness (QED) is 0.800. The predicted octanol–water partition coefficient (Wildman–Crippen LogP) is 3.00. The van der Waals surface area contributed by atoms with Crippen molar-refractivity contribution in [2.45, 2.75) is 19.3 Å². The molecule has 0 saturated heterocycles. The van der Waals surface area contributed by atoms with Crippen molar-refractivity contribution in [2.75, 3.05) is 11.9 Å². The lowest BCUT2D eigenvalue weighted by molar-refractivity contribution is -0.116. The van der Waals surface area contributed by atoms with Gasteiger partial charge in [-0.15, -0.1) is 11.3 Å². The zero-order valence-electron chi connectivity index (χ0n) is 9.48. The van der Waals surface area contributed by atoms with Gasteiger partial charge < -0.3 is 10.4 Å². The smallest absolute Gasteiger partial charge is 0.224 e. The summed E-state index contributed by atoms with van der Waals surface area (Å²) in [5, 5.41) is 14.7. The molecule has 1 aromatic heterocycles. The second kappa shape index (κ2) is 5.80. The molecule has 1 aromatic carbocycles. The number of unbranched alkanes of at least 4 members (excludes halogenated alkanes) is 1. The number of nitrogens with one attached hydrogen (secondary N) is 1. The zero-order chi connectivity index (χ0) is 12.1. The molecular weight excluding hydrogens is 234 g/mol. The topological polar surface area (TPSA) is 49.3 Å². The minimum absolute atomic E-state index is 0.00743. The highest BCUT2D eigenvalue weighted by molar-refractivity contribution is 7.17. The Bertz CT molecular complexity index is 507. The first-order valence-corrected chi connectivity index (χ1v) is 6.55. The average Bonchev–Trinajstić information content (AvgIpc) is 2.76. The molecule has 2 rings (SSSR count). The van der Waals surface area contributed by atoms with E-state index in [9.17, 15) is 4.79 Å². The van der Waals surface area contributed by atoms with Gasteiger partial charge in [-0.3, -0.25) is 4.79 Å². The van der Waals surface area contributed by atoms with Gasteiger partial charge in [0.25, 0.3) is 0 Å². The van der Waals surface area contributed by atoms with Crippen molar-refractivity contribution in [1.29, 1.82) is 0 Å². The van der Waals surface area contributed by atoms with E-state index < -0.39 is 0 Å². The second-order valence-electron chi connectivity index (χ2n) is 3.90. The molecule has 1 heterocycles. The lowest BCUT2D eigenvalue weighted by atomic mass is 10.2. The molecule has 2 aromatic rings. The monoisotopic (exact) mass is 249 g/mol. The van der Waals surface area contributed by atoms with Gasteiger partial charge in [0.2, 0.25) is 5.91 Å². The summed E-state index contributed by atoms with van der Waals surface area (Å²) < 4.78 is 1.23. The Morgan fingerprint density at radius 1 is 1.29 bits per heavy atom. The van der Waals surface area contributed by atoms with Crippen LogP contribution in [0, 0.1) is 0 Å². The minimum atomic E-state index is 0.00743. The summed E-state index contributed by atoms with van der Waals surface area (Å²) in [5.41, 5.74) is 0.838. The van der Waals surface area contributed by atoms with E-state index in [-0.39, 0.29) is 12.5 Å². The maximum atomic E-state index is 11.6. The first kappa shape index (κ1) is 12.1. The molecule has 0 spiro atoms.